The third-order valence-electron chi connectivity index (χ3n) is 3.32. The second kappa shape index (κ2) is 8.40. The summed E-state index contributed by atoms with van der Waals surface area (Å²) in [6, 6.07) is -0.875. The van der Waals surface area contributed by atoms with Crippen LogP contribution >= 0.6 is 0 Å². The van der Waals surface area contributed by atoms with Crippen LogP contribution in [-0.4, -0.2) is 66.6 Å². The van der Waals surface area contributed by atoms with Crippen LogP contribution in [0.2, 0.25) is 0 Å². The maximum Gasteiger partial charge on any atom is 0.324 e. The van der Waals surface area contributed by atoms with Crippen LogP contribution in [0.3, 0.4) is 0 Å². The van der Waals surface area contributed by atoms with E-state index in [0.717, 1.165) is 0 Å². The minimum absolute atomic E-state index is 0.0755. The van der Waals surface area contributed by atoms with Gasteiger partial charge in [0.1, 0.15) is 12.6 Å². The van der Waals surface area contributed by atoms with Crippen molar-refractivity contribution < 1.29 is 28.7 Å². The van der Waals surface area contributed by atoms with Crippen LogP contribution in [0.5, 0.6) is 0 Å². The summed E-state index contributed by atoms with van der Waals surface area (Å²) in [4.78, 5) is 36.0. The highest BCUT2D eigenvalue weighted by atomic mass is 16.6. The van der Waals surface area contributed by atoms with E-state index in [9.17, 15) is 19.5 Å². The van der Waals surface area contributed by atoms with E-state index in [1.165, 1.54) is 0 Å². The van der Waals surface area contributed by atoms with Crippen LogP contribution in [-0.2, 0) is 19.1 Å². The topological polar surface area (TPSA) is 107 Å². The van der Waals surface area contributed by atoms with Gasteiger partial charge in [0.25, 0.3) is 0 Å². The third-order valence-corrected chi connectivity index (χ3v) is 3.32. The quantitative estimate of drug-likeness (QED) is 0.453. The van der Waals surface area contributed by atoms with Gasteiger partial charge in [-0.05, 0) is 12.3 Å². The summed E-state index contributed by atoms with van der Waals surface area (Å²) in [6.45, 7) is 5.53. The van der Waals surface area contributed by atoms with Crippen molar-refractivity contribution in [2.24, 2.45) is 11.7 Å². The number of nitrogens with zero attached hydrogens (tertiary/aromatic N) is 1. The van der Waals surface area contributed by atoms with Crippen molar-refractivity contribution in [3.63, 3.8) is 0 Å². The number of esters is 1. The highest BCUT2D eigenvalue weighted by Crippen LogP contribution is 2.24. The molecule has 2 atom stereocenters. The Morgan fingerprint density at radius 3 is 2.09 bits per heavy atom. The van der Waals surface area contributed by atoms with E-state index >= 15 is 0 Å². The SMILES string of the molecule is CCC(=O)[C@@](CC(=O)O)(C[N+](C)(C)C)OC(=O)[C@@H](N)CC(C)C. The van der Waals surface area contributed by atoms with Gasteiger partial charge in [-0.1, -0.05) is 20.8 Å². The molecular formula is C16H31N2O5+. The van der Waals surface area contributed by atoms with Crippen molar-refractivity contribution in [2.45, 2.75) is 51.7 Å². The average Bonchev–Trinajstić information content (AvgIpc) is 2.33. The Kier molecular flexibility index (Phi) is 7.86. The Bertz CT molecular complexity index is 442. The normalized spacial score (nSPS) is 15.8. The van der Waals surface area contributed by atoms with E-state index in [-0.39, 0.29) is 23.4 Å². The van der Waals surface area contributed by atoms with E-state index in [1.54, 1.807) is 28.1 Å². The van der Waals surface area contributed by atoms with Crippen LogP contribution in [0.4, 0.5) is 0 Å². The standard InChI is InChI=1S/C16H30N2O5/c1-7-13(19)16(9-14(20)21,10-18(4,5)6)23-15(22)12(17)8-11(2)3/h11-12H,7-10,17H2,1-6H3/p+1/t12-,16+/m0/s1. The Labute approximate surface area is 138 Å². The Hall–Kier alpha value is -1.47. The molecule has 0 aromatic heterocycles. The van der Waals surface area contributed by atoms with Gasteiger partial charge in [0, 0.05) is 6.42 Å². The lowest BCUT2D eigenvalue weighted by molar-refractivity contribution is -0.875. The number of carbonyl (C=O) groups excluding carboxylic acids is 2. The fourth-order valence-corrected chi connectivity index (χ4v) is 2.57. The second-order valence-electron chi connectivity index (χ2n) is 7.45. The number of ketones is 1. The maximum absolute atomic E-state index is 12.4. The first kappa shape index (κ1) is 21.5. The summed E-state index contributed by atoms with van der Waals surface area (Å²) >= 11 is 0. The average molecular weight is 331 g/mol. The first-order valence-electron chi connectivity index (χ1n) is 7.87. The van der Waals surface area contributed by atoms with Gasteiger partial charge < -0.3 is 20.1 Å². The summed E-state index contributed by atoms with van der Waals surface area (Å²) in [5.41, 5.74) is 4.13. The molecule has 0 amide bonds. The van der Waals surface area contributed by atoms with Gasteiger partial charge in [0.05, 0.1) is 27.6 Å². The molecule has 23 heavy (non-hydrogen) atoms. The lowest BCUT2D eigenvalue weighted by Gasteiger charge is -2.37. The van der Waals surface area contributed by atoms with Crippen molar-refractivity contribution in [1.82, 2.24) is 0 Å². The second-order valence-corrected chi connectivity index (χ2v) is 7.45. The van der Waals surface area contributed by atoms with Gasteiger partial charge in [-0.3, -0.25) is 14.4 Å². The highest BCUT2D eigenvalue weighted by Gasteiger charge is 2.48. The van der Waals surface area contributed by atoms with Crippen molar-refractivity contribution in [3.8, 4) is 0 Å². The third kappa shape index (κ3) is 7.56. The van der Waals surface area contributed by atoms with Gasteiger partial charge in [-0.15, -0.1) is 0 Å². The smallest absolute Gasteiger partial charge is 0.324 e. The Balaban J connectivity index is 5.57. The van der Waals surface area contributed by atoms with Crippen molar-refractivity contribution in [3.05, 3.63) is 0 Å². The molecule has 0 fully saturated rings. The van der Waals surface area contributed by atoms with Crippen LogP contribution in [0, 0.1) is 5.92 Å². The molecule has 0 aromatic carbocycles. The Morgan fingerprint density at radius 1 is 1.22 bits per heavy atom. The number of hydrogen-bond donors (Lipinski definition) is 2. The van der Waals surface area contributed by atoms with E-state index in [4.69, 9.17) is 10.5 Å². The number of hydrogen-bond acceptors (Lipinski definition) is 5. The molecule has 0 aliphatic heterocycles. The molecule has 0 aliphatic rings. The van der Waals surface area contributed by atoms with Crippen LogP contribution in [0.25, 0.3) is 0 Å². The van der Waals surface area contributed by atoms with Crippen molar-refractivity contribution in [1.29, 1.82) is 0 Å². The van der Waals surface area contributed by atoms with Gasteiger partial charge in [0.15, 0.2) is 5.78 Å². The summed E-state index contributed by atoms with van der Waals surface area (Å²) in [5, 5.41) is 9.21. The van der Waals surface area contributed by atoms with Crippen LogP contribution < -0.4 is 5.73 Å². The molecule has 0 aromatic rings. The number of nitrogens with two attached hydrogens (primary N) is 1. The summed E-state index contributed by atoms with van der Waals surface area (Å²) in [7, 11) is 5.42. The predicted octanol–water partition coefficient (Wildman–Crippen LogP) is 0.802. The molecule has 0 aliphatic carbocycles. The first-order valence-corrected chi connectivity index (χ1v) is 7.87. The van der Waals surface area contributed by atoms with E-state index in [1.807, 2.05) is 13.8 Å². The largest absolute Gasteiger partial charge is 0.481 e. The van der Waals surface area contributed by atoms with Gasteiger partial charge >= 0.3 is 11.9 Å². The molecule has 7 nitrogen and oxygen atoms in total. The molecule has 0 saturated carbocycles. The number of carbonyl (C=O) groups is 3. The zero-order chi connectivity index (χ0) is 18.4. The number of carboxylic acids is 1. The number of quaternary nitrogens is 1. The van der Waals surface area contributed by atoms with Crippen molar-refractivity contribution in [2.75, 3.05) is 27.7 Å². The summed E-state index contributed by atoms with van der Waals surface area (Å²) in [5.74, 6) is -2.13. The Morgan fingerprint density at radius 2 is 1.74 bits per heavy atom. The van der Waals surface area contributed by atoms with E-state index < -0.39 is 35.8 Å². The molecule has 0 bridgehead atoms. The fraction of sp³-hybridized carbons (Fsp3) is 0.812. The summed E-state index contributed by atoms with van der Waals surface area (Å²) in [6.07, 6.45) is -0.0675. The molecular weight excluding hydrogens is 300 g/mol. The number of Topliss-reactive ketones (excluding diaryl/α,β-unsaturated/α-hetero) is 1. The minimum atomic E-state index is -1.69. The highest BCUT2D eigenvalue weighted by molar-refractivity contribution is 5.93. The number of carboxylic acid groups (broad SMARTS) is 1. The predicted molar refractivity (Wildman–Crippen MR) is 86.7 cm³/mol. The van der Waals surface area contributed by atoms with Gasteiger partial charge in [-0.25, -0.2) is 0 Å². The lowest BCUT2D eigenvalue weighted by atomic mass is 9.90. The monoisotopic (exact) mass is 331 g/mol. The molecule has 7 heteroatoms. The molecule has 3 N–H and O–H groups in total. The molecule has 0 spiro atoms. The molecule has 134 valence electrons. The van der Waals surface area contributed by atoms with Crippen LogP contribution in [0.1, 0.15) is 40.0 Å². The number of rotatable bonds is 10. The van der Waals surface area contributed by atoms with E-state index in [0.29, 0.717) is 6.42 Å². The molecule has 0 heterocycles. The molecule has 0 radical (unpaired) electrons. The molecule has 0 rings (SSSR count). The minimum Gasteiger partial charge on any atom is -0.481 e. The number of likely N-dealkylation sites (N-methyl/N-ethyl adjacent to an activating group) is 1. The fourth-order valence-electron chi connectivity index (χ4n) is 2.57. The molecule has 0 saturated heterocycles. The van der Waals surface area contributed by atoms with Gasteiger partial charge in [0.2, 0.25) is 5.60 Å². The van der Waals surface area contributed by atoms with Gasteiger partial charge in [-0.2, -0.15) is 0 Å². The number of ether oxygens (including phenoxy) is 1. The van der Waals surface area contributed by atoms with Crippen LogP contribution in [0.15, 0.2) is 0 Å². The summed E-state index contributed by atoms with van der Waals surface area (Å²) < 4.78 is 5.71. The first-order chi connectivity index (χ1) is 10.3. The lowest BCUT2D eigenvalue weighted by Crippen LogP contribution is -2.58. The zero-order valence-corrected chi connectivity index (χ0v) is 15.1. The number of aliphatic carboxylic acids is 1. The van der Waals surface area contributed by atoms with E-state index in [2.05, 4.69) is 0 Å². The zero-order valence-electron chi connectivity index (χ0n) is 15.1. The molecule has 0 unspecified atom stereocenters. The van der Waals surface area contributed by atoms with Crippen molar-refractivity contribution >= 4 is 17.7 Å². The maximum atomic E-state index is 12.4.